The van der Waals surface area contributed by atoms with Crippen LogP contribution in [0.4, 0.5) is 4.39 Å². The molecule has 18 heavy (non-hydrogen) atoms. The zero-order valence-corrected chi connectivity index (χ0v) is 11.0. The third-order valence-corrected chi connectivity index (χ3v) is 3.00. The maximum atomic E-state index is 13.3. The molecule has 1 aromatic rings. The Labute approximate surface area is 108 Å². The SMILES string of the molecule is Cc1ccc(C(=O)NCCCC(C)CN)cc1F. The van der Waals surface area contributed by atoms with Crippen molar-refractivity contribution in [3.05, 3.63) is 35.1 Å². The van der Waals surface area contributed by atoms with E-state index in [-0.39, 0.29) is 11.7 Å². The standard InChI is InChI=1S/C14H21FN2O/c1-10(9-16)4-3-7-17-14(18)12-6-5-11(2)13(15)8-12/h5-6,8,10H,3-4,7,9,16H2,1-2H3,(H,17,18). The van der Waals surface area contributed by atoms with Crippen molar-refractivity contribution in [2.24, 2.45) is 11.7 Å². The third-order valence-electron chi connectivity index (χ3n) is 3.00. The summed E-state index contributed by atoms with van der Waals surface area (Å²) in [6.45, 7) is 5.01. The van der Waals surface area contributed by atoms with Crippen LogP contribution >= 0.6 is 0 Å². The molecule has 0 spiro atoms. The van der Waals surface area contributed by atoms with Gasteiger partial charge in [0, 0.05) is 12.1 Å². The van der Waals surface area contributed by atoms with Crippen LogP contribution in [0.2, 0.25) is 0 Å². The van der Waals surface area contributed by atoms with Crippen LogP contribution in [0, 0.1) is 18.7 Å². The second-order valence-electron chi connectivity index (χ2n) is 4.70. The lowest BCUT2D eigenvalue weighted by molar-refractivity contribution is 0.0952. The van der Waals surface area contributed by atoms with Crippen molar-refractivity contribution in [2.75, 3.05) is 13.1 Å². The van der Waals surface area contributed by atoms with Gasteiger partial charge in [-0.25, -0.2) is 4.39 Å². The molecule has 1 aromatic carbocycles. The molecule has 0 saturated carbocycles. The maximum absolute atomic E-state index is 13.3. The van der Waals surface area contributed by atoms with E-state index in [2.05, 4.69) is 12.2 Å². The van der Waals surface area contributed by atoms with E-state index < -0.39 is 0 Å². The number of amides is 1. The quantitative estimate of drug-likeness (QED) is 0.763. The highest BCUT2D eigenvalue weighted by Gasteiger charge is 2.07. The van der Waals surface area contributed by atoms with Crippen molar-refractivity contribution in [3.63, 3.8) is 0 Å². The third kappa shape index (κ3) is 4.45. The fraction of sp³-hybridized carbons (Fsp3) is 0.500. The maximum Gasteiger partial charge on any atom is 0.251 e. The number of benzene rings is 1. The van der Waals surface area contributed by atoms with Gasteiger partial charge in [-0.1, -0.05) is 13.0 Å². The minimum absolute atomic E-state index is 0.227. The van der Waals surface area contributed by atoms with E-state index >= 15 is 0 Å². The lowest BCUT2D eigenvalue weighted by Crippen LogP contribution is -2.25. The molecule has 0 aliphatic rings. The van der Waals surface area contributed by atoms with E-state index in [1.165, 1.54) is 6.07 Å². The predicted octanol–water partition coefficient (Wildman–Crippen LogP) is 2.24. The van der Waals surface area contributed by atoms with E-state index in [9.17, 15) is 9.18 Å². The van der Waals surface area contributed by atoms with Gasteiger partial charge in [0.25, 0.3) is 5.91 Å². The first-order valence-corrected chi connectivity index (χ1v) is 6.29. The Hall–Kier alpha value is -1.42. The molecule has 0 aromatic heterocycles. The second-order valence-corrected chi connectivity index (χ2v) is 4.70. The average molecular weight is 252 g/mol. The summed E-state index contributed by atoms with van der Waals surface area (Å²) >= 11 is 0. The second kappa shape index (κ2) is 7.11. The zero-order valence-electron chi connectivity index (χ0n) is 11.0. The van der Waals surface area contributed by atoms with Crippen molar-refractivity contribution in [2.45, 2.75) is 26.7 Å². The molecule has 1 atom stereocenters. The lowest BCUT2D eigenvalue weighted by Gasteiger charge is -2.09. The van der Waals surface area contributed by atoms with E-state index in [1.807, 2.05) is 0 Å². The van der Waals surface area contributed by atoms with Gasteiger partial charge in [0.05, 0.1) is 0 Å². The summed E-state index contributed by atoms with van der Waals surface area (Å²) in [6, 6.07) is 4.52. The summed E-state index contributed by atoms with van der Waals surface area (Å²) in [6.07, 6.45) is 1.87. The minimum Gasteiger partial charge on any atom is -0.352 e. The number of halogens is 1. The highest BCUT2D eigenvalue weighted by molar-refractivity contribution is 5.94. The molecule has 4 heteroatoms. The van der Waals surface area contributed by atoms with Crippen LogP contribution in [0.5, 0.6) is 0 Å². The fourth-order valence-corrected chi connectivity index (χ4v) is 1.61. The first-order chi connectivity index (χ1) is 8.54. The van der Waals surface area contributed by atoms with Crippen LogP contribution in [-0.4, -0.2) is 19.0 Å². The molecule has 1 amide bonds. The smallest absolute Gasteiger partial charge is 0.251 e. The number of aryl methyl sites for hydroxylation is 1. The molecule has 3 N–H and O–H groups in total. The van der Waals surface area contributed by atoms with Crippen molar-refractivity contribution >= 4 is 5.91 Å². The van der Waals surface area contributed by atoms with Gasteiger partial charge >= 0.3 is 0 Å². The van der Waals surface area contributed by atoms with Crippen LogP contribution in [0.25, 0.3) is 0 Å². The Kier molecular flexibility index (Phi) is 5.78. The van der Waals surface area contributed by atoms with Crippen molar-refractivity contribution in [1.82, 2.24) is 5.32 Å². The molecule has 100 valence electrons. The Morgan fingerprint density at radius 1 is 1.50 bits per heavy atom. The van der Waals surface area contributed by atoms with E-state index in [0.717, 1.165) is 12.8 Å². The van der Waals surface area contributed by atoms with Crippen LogP contribution in [0.1, 0.15) is 35.7 Å². The number of nitrogens with two attached hydrogens (primary N) is 1. The number of carbonyl (C=O) groups is 1. The summed E-state index contributed by atoms with van der Waals surface area (Å²) < 4.78 is 13.3. The van der Waals surface area contributed by atoms with Crippen molar-refractivity contribution < 1.29 is 9.18 Å². The van der Waals surface area contributed by atoms with Crippen LogP contribution in [0.3, 0.4) is 0 Å². The monoisotopic (exact) mass is 252 g/mol. The first kappa shape index (κ1) is 14.6. The molecule has 1 unspecified atom stereocenters. The Morgan fingerprint density at radius 2 is 2.22 bits per heavy atom. The summed E-state index contributed by atoms with van der Waals surface area (Å²) in [7, 11) is 0. The number of hydrogen-bond acceptors (Lipinski definition) is 2. The molecule has 0 radical (unpaired) electrons. The normalized spacial score (nSPS) is 12.2. The summed E-state index contributed by atoms with van der Waals surface area (Å²) in [4.78, 5) is 11.7. The molecule has 0 heterocycles. The molecule has 0 aliphatic carbocycles. The number of carbonyl (C=O) groups excluding carboxylic acids is 1. The summed E-state index contributed by atoms with van der Waals surface area (Å²) in [5.74, 6) is -0.104. The first-order valence-electron chi connectivity index (χ1n) is 6.29. The predicted molar refractivity (Wildman–Crippen MR) is 70.9 cm³/mol. The van der Waals surface area contributed by atoms with Gasteiger partial charge in [0.2, 0.25) is 0 Å². The molecular formula is C14H21FN2O. The van der Waals surface area contributed by atoms with E-state index in [4.69, 9.17) is 5.73 Å². The number of rotatable bonds is 6. The van der Waals surface area contributed by atoms with Gasteiger partial charge < -0.3 is 11.1 Å². The molecule has 0 aliphatic heterocycles. The van der Waals surface area contributed by atoms with Gasteiger partial charge in [0.1, 0.15) is 5.82 Å². The Bertz CT molecular complexity index is 407. The number of hydrogen-bond donors (Lipinski definition) is 2. The van der Waals surface area contributed by atoms with Crippen LogP contribution in [0.15, 0.2) is 18.2 Å². The highest BCUT2D eigenvalue weighted by atomic mass is 19.1. The van der Waals surface area contributed by atoms with Crippen LogP contribution in [-0.2, 0) is 0 Å². The lowest BCUT2D eigenvalue weighted by atomic mass is 10.1. The van der Waals surface area contributed by atoms with Crippen molar-refractivity contribution in [1.29, 1.82) is 0 Å². The molecule has 0 fully saturated rings. The van der Waals surface area contributed by atoms with Gasteiger partial charge in [-0.3, -0.25) is 4.79 Å². The summed E-state index contributed by atoms with van der Waals surface area (Å²) in [5, 5.41) is 2.78. The van der Waals surface area contributed by atoms with E-state index in [1.54, 1.807) is 19.1 Å². The minimum atomic E-state index is -0.348. The molecular weight excluding hydrogens is 231 g/mol. The Balaban J connectivity index is 2.39. The van der Waals surface area contributed by atoms with Gasteiger partial charge in [-0.2, -0.15) is 0 Å². The van der Waals surface area contributed by atoms with Gasteiger partial charge in [0.15, 0.2) is 0 Å². The zero-order chi connectivity index (χ0) is 13.5. The fourth-order valence-electron chi connectivity index (χ4n) is 1.61. The topological polar surface area (TPSA) is 55.1 Å². The molecule has 3 nitrogen and oxygen atoms in total. The van der Waals surface area contributed by atoms with Crippen LogP contribution < -0.4 is 11.1 Å². The summed E-state index contributed by atoms with van der Waals surface area (Å²) in [5.41, 5.74) is 6.42. The highest BCUT2D eigenvalue weighted by Crippen LogP contribution is 2.09. The largest absolute Gasteiger partial charge is 0.352 e. The molecule has 1 rings (SSSR count). The van der Waals surface area contributed by atoms with Gasteiger partial charge in [-0.15, -0.1) is 0 Å². The molecule has 0 bridgehead atoms. The average Bonchev–Trinajstić information content (AvgIpc) is 2.37. The number of nitrogens with one attached hydrogen (secondary N) is 1. The van der Waals surface area contributed by atoms with Crippen molar-refractivity contribution in [3.8, 4) is 0 Å². The molecule has 0 saturated heterocycles. The van der Waals surface area contributed by atoms with E-state index in [0.29, 0.717) is 30.1 Å². The van der Waals surface area contributed by atoms with Gasteiger partial charge in [-0.05, 0) is 49.9 Å². The Morgan fingerprint density at radius 3 is 2.83 bits per heavy atom.